The number of hydrogen-bond donors (Lipinski definition) is 1. The van der Waals surface area contributed by atoms with E-state index in [9.17, 15) is 4.79 Å². The van der Waals surface area contributed by atoms with Crippen molar-refractivity contribution in [1.82, 2.24) is 4.90 Å². The molecular weight excluding hydrogens is 204 g/mol. The van der Waals surface area contributed by atoms with Crippen LogP contribution in [0, 0.1) is 11.3 Å². The number of ether oxygens (including phenoxy) is 1. The lowest BCUT2D eigenvalue weighted by Crippen LogP contribution is -2.45. The molecule has 0 aromatic carbocycles. The van der Waals surface area contributed by atoms with Crippen LogP contribution in [-0.4, -0.2) is 37.2 Å². The summed E-state index contributed by atoms with van der Waals surface area (Å²) < 4.78 is 5.20. The highest BCUT2D eigenvalue weighted by molar-refractivity contribution is 5.67. The molecule has 0 aromatic heterocycles. The van der Waals surface area contributed by atoms with Gasteiger partial charge in [-0.1, -0.05) is 20.8 Å². The molecule has 1 heterocycles. The molecule has 0 bridgehead atoms. The Morgan fingerprint density at radius 2 is 2.00 bits per heavy atom. The van der Waals surface area contributed by atoms with Gasteiger partial charge >= 0.3 is 6.09 Å². The third-order valence-corrected chi connectivity index (χ3v) is 3.26. The van der Waals surface area contributed by atoms with Gasteiger partial charge in [-0.15, -0.1) is 0 Å². The minimum Gasteiger partial charge on any atom is -0.449 e. The van der Waals surface area contributed by atoms with Gasteiger partial charge in [-0.25, -0.2) is 4.79 Å². The number of nitrogens with zero attached hydrogens (tertiary/aromatic N) is 1. The first-order valence-corrected chi connectivity index (χ1v) is 6.08. The zero-order valence-corrected chi connectivity index (χ0v) is 10.7. The summed E-state index contributed by atoms with van der Waals surface area (Å²) in [5, 5.41) is 0. The molecule has 0 atom stereocenters. The fraction of sp³-hybridized carbons (Fsp3) is 0.917. The Hall–Kier alpha value is -0.770. The molecule has 2 N–H and O–H groups in total. The maximum Gasteiger partial charge on any atom is 0.409 e. The number of carbonyl (C=O) groups excluding carboxylic acids is 1. The molecule has 1 saturated heterocycles. The normalized spacial score (nSPS) is 19.9. The number of likely N-dealkylation sites (tertiary alicyclic amines) is 1. The first-order chi connectivity index (χ1) is 7.47. The second-order valence-corrected chi connectivity index (χ2v) is 5.47. The lowest BCUT2D eigenvalue weighted by Gasteiger charge is -2.38. The van der Waals surface area contributed by atoms with Crippen LogP contribution in [0.4, 0.5) is 4.79 Å². The van der Waals surface area contributed by atoms with E-state index in [4.69, 9.17) is 10.5 Å². The van der Waals surface area contributed by atoms with Crippen LogP contribution in [0.5, 0.6) is 0 Å². The van der Waals surface area contributed by atoms with Gasteiger partial charge in [-0.05, 0) is 30.7 Å². The SMILES string of the molecule is CC(C)COC(=O)N1CCC(C)(CN)CC1. The van der Waals surface area contributed by atoms with Gasteiger partial charge in [0.2, 0.25) is 0 Å². The van der Waals surface area contributed by atoms with Crippen molar-refractivity contribution in [3.05, 3.63) is 0 Å². The average molecular weight is 228 g/mol. The molecule has 0 radical (unpaired) electrons. The van der Waals surface area contributed by atoms with Crippen LogP contribution in [0.25, 0.3) is 0 Å². The summed E-state index contributed by atoms with van der Waals surface area (Å²) in [6, 6.07) is 0. The first-order valence-electron chi connectivity index (χ1n) is 6.08. The zero-order chi connectivity index (χ0) is 12.2. The molecule has 1 aliphatic rings. The summed E-state index contributed by atoms with van der Waals surface area (Å²) in [6.07, 6.45) is 1.77. The molecule has 1 aliphatic heterocycles. The molecule has 4 heteroatoms. The Labute approximate surface area is 98.1 Å². The molecule has 94 valence electrons. The third-order valence-electron chi connectivity index (χ3n) is 3.26. The first kappa shape index (κ1) is 13.3. The predicted molar refractivity (Wildman–Crippen MR) is 64.2 cm³/mol. The summed E-state index contributed by atoms with van der Waals surface area (Å²) in [7, 11) is 0. The second kappa shape index (κ2) is 5.53. The van der Waals surface area contributed by atoms with Gasteiger partial charge in [0.05, 0.1) is 6.61 Å². The molecule has 1 rings (SSSR count). The Balaban J connectivity index is 2.33. The molecule has 16 heavy (non-hydrogen) atoms. The van der Waals surface area contributed by atoms with Gasteiger partial charge in [0.1, 0.15) is 0 Å². The zero-order valence-electron chi connectivity index (χ0n) is 10.7. The van der Waals surface area contributed by atoms with Gasteiger partial charge in [0, 0.05) is 13.1 Å². The standard InChI is InChI=1S/C12H24N2O2/c1-10(2)8-16-11(15)14-6-4-12(3,9-13)5-7-14/h10H,4-9,13H2,1-3H3. The molecule has 0 saturated carbocycles. The molecule has 0 aromatic rings. The van der Waals surface area contributed by atoms with Crippen molar-refractivity contribution in [2.24, 2.45) is 17.1 Å². The topological polar surface area (TPSA) is 55.6 Å². The van der Waals surface area contributed by atoms with Crippen LogP contribution in [0.3, 0.4) is 0 Å². The fourth-order valence-electron chi connectivity index (χ4n) is 1.76. The second-order valence-electron chi connectivity index (χ2n) is 5.47. The molecule has 4 nitrogen and oxygen atoms in total. The molecule has 0 unspecified atom stereocenters. The van der Waals surface area contributed by atoms with Crippen molar-refractivity contribution in [1.29, 1.82) is 0 Å². The Kier molecular flexibility index (Phi) is 4.59. The quantitative estimate of drug-likeness (QED) is 0.802. The van der Waals surface area contributed by atoms with E-state index in [0.717, 1.165) is 25.9 Å². The summed E-state index contributed by atoms with van der Waals surface area (Å²) in [6.45, 7) is 8.99. The minimum absolute atomic E-state index is 0.173. The fourth-order valence-corrected chi connectivity index (χ4v) is 1.76. The Morgan fingerprint density at radius 1 is 1.44 bits per heavy atom. The highest BCUT2D eigenvalue weighted by Gasteiger charge is 2.31. The van der Waals surface area contributed by atoms with Crippen LogP contribution in [0.15, 0.2) is 0 Å². The van der Waals surface area contributed by atoms with Crippen molar-refractivity contribution >= 4 is 6.09 Å². The summed E-state index contributed by atoms with van der Waals surface area (Å²) in [5.41, 5.74) is 5.93. The lowest BCUT2D eigenvalue weighted by molar-refractivity contribution is 0.0657. The maximum absolute atomic E-state index is 11.7. The molecule has 0 spiro atoms. The van der Waals surface area contributed by atoms with Gasteiger partial charge in [-0.3, -0.25) is 0 Å². The van der Waals surface area contributed by atoms with Gasteiger partial charge in [0.25, 0.3) is 0 Å². The van der Waals surface area contributed by atoms with Crippen molar-refractivity contribution in [2.45, 2.75) is 33.6 Å². The lowest BCUT2D eigenvalue weighted by atomic mass is 9.81. The summed E-state index contributed by atoms with van der Waals surface area (Å²) >= 11 is 0. The smallest absolute Gasteiger partial charge is 0.409 e. The van der Waals surface area contributed by atoms with E-state index >= 15 is 0 Å². The summed E-state index contributed by atoms with van der Waals surface area (Å²) in [4.78, 5) is 13.5. The van der Waals surface area contributed by atoms with Crippen LogP contribution in [0.1, 0.15) is 33.6 Å². The number of carbonyl (C=O) groups is 1. The van der Waals surface area contributed by atoms with E-state index in [1.807, 2.05) is 13.8 Å². The van der Waals surface area contributed by atoms with Crippen LogP contribution in [-0.2, 0) is 4.74 Å². The van der Waals surface area contributed by atoms with Gasteiger partial charge in [0.15, 0.2) is 0 Å². The van der Waals surface area contributed by atoms with Crippen LogP contribution >= 0.6 is 0 Å². The van der Waals surface area contributed by atoms with Gasteiger partial charge < -0.3 is 15.4 Å². The maximum atomic E-state index is 11.7. The third kappa shape index (κ3) is 3.67. The predicted octanol–water partition coefficient (Wildman–Crippen LogP) is 1.84. The van der Waals surface area contributed by atoms with E-state index in [2.05, 4.69) is 6.92 Å². The highest BCUT2D eigenvalue weighted by Crippen LogP contribution is 2.29. The largest absolute Gasteiger partial charge is 0.449 e. The van der Waals surface area contributed by atoms with E-state index in [-0.39, 0.29) is 11.5 Å². The molecular formula is C12H24N2O2. The molecule has 1 fully saturated rings. The molecule has 0 aliphatic carbocycles. The Morgan fingerprint density at radius 3 is 2.44 bits per heavy atom. The Bertz CT molecular complexity index is 233. The van der Waals surface area contributed by atoms with E-state index < -0.39 is 0 Å². The number of hydrogen-bond acceptors (Lipinski definition) is 3. The minimum atomic E-state index is -0.173. The van der Waals surface area contributed by atoms with E-state index in [0.29, 0.717) is 19.1 Å². The van der Waals surface area contributed by atoms with Crippen LogP contribution in [0.2, 0.25) is 0 Å². The highest BCUT2D eigenvalue weighted by atomic mass is 16.6. The van der Waals surface area contributed by atoms with E-state index in [1.165, 1.54) is 0 Å². The summed E-state index contributed by atoms with van der Waals surface area (Å²) in [5.74, 6) is 0.392. The van der Waals surface area contributed by atoms with Crippen molar-refractivity contribution in [3.63, 3.8) is 0 Å². The number of piperidine rings is 1. The monoisotopic (exact) mass is 228 g/mol. The molecule has 1 amide bonds. The van der Waals surface area contributed by atoms with Gasteiger partial charge in [-0.2, -0.15) is 0 Å². The van der Waals surface area contributed by atoms with Crippen molar-refractivity contribution in [3.8, 4) is 0 Å². The number of nitrogens with two attached hydrogens (primary N) is 1. The van der Waals surface area contributed by atoms with Crippen LogP contribution < -0.4 is 5.73 Å². The number of amides is 1. The van der Waals surface area contributed by atoms with Crippen molar-refractivity contribution in [2.75, 3.05) is 26.2 Å². The van der Waals surface area contributed by atoms with E-state index in [1.54, 1.807) is 4.90 Å². The number of rotatable bonds is 3. The average Bonchev–Trinajstić information content (AvgIpc) is 2.27. The van der Waals surface area contributed by atoms with Crippen molar-refractivity contribution < 1.29 is 9.53 Å².